The van der Waals surface area contributed by atoms with Gasteiger partial charge in [-0.25, -0.2) is 9.97 Å². The molecular weight excluding hydrogens is 300 g/mol. The fourth-order valence-corrected chi connectivity index (χ4v) is 3.64. The van der Waals surface area contributed by atoms with Crippen molar-refractivity contribution in [2.45, 2.75) is 30.8 Å². The maximum atomic E-state index is 10.3. The quantitative estimate of drug-likeness (QED) is 0.624. The number of aromatic nitrogens is 2. The molecule has 6 nitrogen and oxygen atoms in total. The average Bonchev–Trinajstić information content (AvgIpc) is 2.91. The van der Waals surface area contributed by atoms with Crippen LogP contribution in [0.2, 0.25) is 0 Å². The number of ether oxygens (including phenoxy) is 1. The van der Waals surface area contributed by atoms with Gasteiger partial charge < -0.3 is 9.84 Å². The van der Waals surface area contributed by atoms with Gasteiger partial charge in [-0.15, -0.1) is 0 Å². The van der Waals surface area contributed by atoms with E-state index in [4.69, 9.17) is 4.74 Å². The van der Waals surface area contributed by atoms with Crippen molar-refractivity contribution in [2.75, 3.05) is 45.1 Å². The van der Waals surface area contributed by atoms with E-state index in [1.165, 1.54) is 0 Å². The zero-order valence-corrected chi connectivity index (χ0v) is 13.8. The molecule has 0 unspecified atom stereocenters. The van der Waals surface area contributed by atoms with E-state index in [-0.39, 0.29) is 12.1 Å². The molecule has 2 fully saturated rings. The minimum atomic E-state index is -0.283. The van der Waals surface area contributed by atoms with Crippen LogP contribution >= 0.6 is 11.8 Å². The second-order valence-electron chi connectivity index (χ2n) is 5.78. The molecule has 1 aromatic rings. The summed E-state index contributed by atoms with van der Waals surface area (Å²) in [6, 6.07) is 0.222. The third kappa shape index (κ3) is 3.97. The Balaban J connectivity index is 1.55. The highest BCUT2D eigenvalue weighted by Gasteiger charge is 2.35. The molecule has 3 heterocycles. The fourth-order valence-electron chi connectivity index (χ4n) is 3.13. The highest BCUT2D eigenvalue weighted by Crippen LogP contribution is 2.20. The largest absolute Gasteiger partial charge is 0.390 e. The van der Waals surface area contributed by atoms with Gasteiger partial charge in [0.1, 0.15) is 0 Å². The van der Waals surface area contributed by atoms with Crippen molar-refractivity contribution < 1.29 is 9.84 Å². The Labute approximate surface area is 135 Å². The van der Waals surface area contributed by atoms with Gasteiger partial charge in [0.05, 0.1) is 19.3 Å². The molecule has 122 valence electrons. The van der Waals surface area contributed by atoms with Crippen LogP contribution in [0.25, 0.3) is 0 Å². The van der Waals surface area contributed by atoms with Gasteiger partial charge in [-0.1, -0.05) is 18.7 Å². The Kier molecular flexibility index (Phi) is 5.65. The lowest BCUT2D eigenvalue weighted by molar-refractivity contribution is -0.00618. The van der Waals surface area contributed by atoms with E-state index < -0.39 is 0 Å². The molecule has 0 radical (unpaired) electrons. The van der Waals surface area contributed by atoms with Gasteiger partial charge >= 0.3 is 0 Å². The maximum Gasteiger partial charge on any atom is 0.187 e. The number of nitrogens with zero attached hydrogens (tertiary/aromatic N) is 4. The van der Waals surface area contributed by atoms with Crippen molar-refractivity contribution >= 4 is 11.8 Å². The number of aliphatic hydroxyl groups excluding tert-OH is 1. The minimum Gasteiger partial charge on any atom is -0.390 e. The standard InChI is InChI=1S/C15H24N4O2S/c1-2-22-15-16-7-12(8-17-15)9-18-10-13(14(20)11-18)19-3-5-21-6-4-19/h7-8,13-14,20H,2-6,9-11H2,1H3/t13-,14-/m0/s1. The van der Waals surface area contributed by atoms with Gasteiger partial charge in [0.15, 0.2) is 5.16 Å². The van der Waals surface area contributed by atoms with E-state index in [0.717, 1.165) is 55.9 Å². The number of likely N-dealkylation sites (tertiary alicyclic amines) is 1. The highest BCUT2D eigenvalue weighted by atomic mass is 32.2. The van der Waals surface area contributed by atoms with Crippen molar-refractivity contribution in [3.05, 3.63) is 18.0 Å². The Morgan fingerprint density at radius 2 is 2.00 bits per heavy atom. The first kappa shape index (κ1) is 16.1. The number of aliphatic hydroxyl groups is 1. The lowest BCUT2D eigenvalue weighted by Crippen LogP contribution is -2.48. The average molecular weight is 324 g/mol. The molecule has 0 saturated carbocycles. The van der Waals surface area contributed by atoms with E-state index in [2.05, 4.69) is 26.7 Å². The molecule has 0 amide bonds. The summed E-state index contributed by atoms with van der Waals surface area (Å²) in [6.07, 6.45) is 3.52. The lowest BCUT2D eigenvalue weighted by Gasteiger charge is -2.33. The molecule has 22 heavy (non-hydrogen) atoms. The van der Waals surface area contributed by atoms with Crippen LogP contribution in [0.5, 0.6) is 0 Å². The maximum absolute atomic E-state index is 10.3. The SMILES string of the molecule is CCSc1ncc(CN2C[C@H](O)[C@@H](N3CCOCC3)C2)cn1. The van der Waals surface area contributed by atoms with Crippen LogP contribution in [0, 0.1) is 0 Å². The summed E-state index contributed by atoms with van der Waals surface area (Å²) < 4.78 is 5.39. The number of hydrogen-bond donors (Lipinski definition) is 1. The van der Waals surface area contributed by atoms with Crippen LogP contribution in [0.4, 0.5) is 0 Å². The highest BCUT2D eigenvalue weighted by molar-refractivity contribution is 7.99. The molecule has 1 N–H and O–H groups in total. The van der Waals surface area contributed by atoms with Crippen LogP contribution in [-0.4, -0.2) is 82.2 Å². The third-order valence-corrected chi connectivity index (χ3v) is 4.97. The van der Waals surface area contributed by atoms with Gasteiger partial charge in [0.2, 0.25) is 0 Å². The van der Waals surface area contributed by atoms with Crippen LogP contribution in [0.1, 0.15) is 12.5 Å². The summed E-state index contributed by atoms with van der Waals surface area (Å²) >= 11 is 1.65. The Morgan fingerprint density at radius 3 is 2.68 bits per heavy atom. The van der Waals surface area contributed by atoms with Crippen molar-refractivity contribution in [1.29, 1.82) is 0 Å². The summed E-state index contributed by atoms with van der Waals surface area (Å²) in [5.41, 5.74) is 1.11. The number of hydrogen-bond acceptors (Lipinski definition) is 7. The molecule has 0 aliphatic carbocycles. The van der Waals surface area contributed by atoms with Crippen molar-refractivity contribution in [3.63, 3.8) is 0 Å². The van der Waals surface area contributed by atoms with Crippen LogP contribution in [-0.2, 0) is 11.3 Å². The van der Waals surface area contributed by atoms with Crippen LogP contribution in [0.3, 0.4) is 0 Å². The summed E-state index contributed by atoms with van der Waals surface area (Å²) in [5.74, 6) is 0.985. The molecule has 2 aliphatic rings. The van der Waals surface area contributed by atoms with Crippen molar-refractivity contribution in [1.82, 2.24) is 19.8 Å². The molecular formula is C15H24N4O2S. The third-order valence-electron chi connectivity index (χ3n) is 4.21. The predicted octanol–water partition coefficient (Wildman–Crippen LogP) is 0.466. The van der Waals surface area contributed by atoms with Gasteiger partial charge in [0.25, 0.3) is 0 Å². The summed E-state index contributed by atoms with van der Waals surface area (Å²) in [5, 5.41) is 11.2. The lowest BCUT2D eigenvalue weighted by atomic mass is 10.1. The van der Waals surface area contributed by atoms with Crippen molar-refractivity contribution in [2.24, 2.45) is 0 Å². The van der Waals surface area contributed by atoms with Crippen molar-refractivity contribution in [3.8, 4) is 0 Å². The van der Waals surface area contributed by atoms with E-state index in [9.17, 15) is 5.11 Å². The zero-order chi connectivity index (χ0) is 15.4. The van der Waals surface area contributed by atoms with E-state index in [1.54, 1.807) is 11.8 Å². The smallest absolute Gasteiger partial charge is 0.187 e. The van der Waals surface area contributed by atoms with Gasteiger partial charge in [-0.05, 0) is 5.75 Å². The molecule has 2 aliphatic heterocycles. The van der Waals surface area contributed by atoms with Gasteiger partial charge in [0, 0.05) is 56.7 Å². The van der Waals surface area contributed by atoms with E-state index >= 15 is 0 Å². The topological polar surface area (TPSA) is 61.7 Å². The van der Waals surface area contributed by atoms with E-state index in [0.29, 0.717) is 6.54 Å². The Bertz CT molecular complexity index is 467. The fraction of sp³-hybridized carbons (Fsp3) is 0.733. The predicted molar refractivity (Wildman–Crippen MR) is 85.9 cm³/mol. The molecule has 7 heteroatoms. The number of thioether (sulfide) groups is 1. The normalized spacial score (nSPS) is 27.4. The second kappa shape index (κ2) is 7.70. The van der Waals surface area contributed by atoms with Crippen LogP contribution in [0.15, 0.2) is 17.6 Å². The second-order valence-corrected chi connectivity index (χ2v) is 7.02. The molecule has 0 spiro atoms. The molecule has 2 atom stereocenters. The monoisotopic (exact) mass is 324 g/mol. The molecule has 2 saturated heterocycles. The number of β-amino-alcohol motifs (C(OH)–C–C–N with tert-alkyl or cyclic N) is 1. The first-order valence-electron chi connectivity index (χ1n) is 7.92. The minimum absolute atomic E-state index is 0.222. The number of morpholine rings is 1. The Morgan fingerprint density at radius 1 is 1.27 bits per heavy atom. The van der Waals surface area contributed by atoms with Gasteiger partial charge in [-0.3, -0.25) is 9.80 Å². The summed E-state index contributed by atoms with van der Waals surface area (Å²) in [4.78, 5) is 13.4. The molecule has 0 bridgehead atoms. The summed E-state index contributed by atoms with van der Waals surface area (Å²) in [7, 11) is 0. The first-order chi connectivity index (χ1) is 10.8. The van der Waals surface area contributed by atoms with E-state index in [1.807, 2.05) is 12.4 Å². The summed E-state index contributed by atoms with van der Waals surface area (Å²) in [6.45, 7) is 7.89. The molecule has 0 aromatic carbocycles. The molecule has 3 rings (SSSR count). The Hall–Kier alpha value is -0.730. The zero-order valence-electron chi connectivity index (χ0n) is 13.0. The molecule has 1 aromatic heterocycles. The first-order valence-corrected chi connectivity index (χ1v) is 8.90. The number of rotatable bonds is 5. The van der Waals surface area contributed by atoms with Crippen LogP contribution < -0.4 is 0 Å². The van der Waals surface area contributed by atoms with Gasteiger partial charge in [-0.2, -0.15) is 0 Å².